The van der Waals surface area contributed by atoms with Crippen LogP contribution in [-0.2, 0) is 0 Å². The van der Waals surface area contributed by atoms with Gasteiger partial charge in [-0.3, -0.25) is 10.1 Å². The number of aromatic nitrogens is 7. The maximum atomic E-state index is 15.3. The van der Waals surface area contributed by atoms with Crippen LogP contribution in [-0.4, -0.2) is 35.1 Å². The number of nitrogens with zero attached hydrogens (tertiary/aromatic N) is 5. The minimum Gasteiger partial charge on any atom is -0.397 e. The van der Waals surface area contributed by atoms with E-state index in [0.29, 0.717) is 28.4 Å². The molecule has 0 unspecified atom stereocenters. The Labute approximate surface area is 145 Å². The highest BCUT2D eigenvalue weighted by atomic mass is 19.1. The molecule has 0 aromatic carbocycles. The molecule has 4 N–H and O–H groups in total. The highest BCUT2D eigenvalue weighted by molar-refractivity contribution is 5.93. The maximum absolute atomic E-state index is 15.3. The summed E-state index contributed by atoms with van der Waals surface area (Å²) in [6.07, 6.45) is 6.09. The van der Waals surface area contributed by atoms with Gasteiger partial charge in [0.2, 0.25) is 0 Å². The number of rotatable bonds is 2. The molecule has 0 saturated carbocycles. The van der Waals surface area contributed by atoms with Crippen LogP contribution in [0, 0.1) is 5.82 Å². The van der Waals surface area contributed by atoms with E-state index in [4.69, 9.17) is 5.73 Å². The summed E-state index contributed by atoms with van der Waals surface area (Å²) in [6, 6.07) is 5.28. The molecular weight excluding hydrogens is 335 g/mol. The second-order valence-corrected chi connectivity index (χ2v) is 5.75. The third kappa shape index (κ3) is 2.10. The van der Waals surface area contributed by atoms with Crippen LogP contribution >= 0.6 is 0 Å². The van der Waals surface area contributed by atoms with Crippen molar-refractivity contribution in [1.29, 1.82) is 0 Å². The van der Waals surface area contributed by atoms with Crippen LogP contribution in [0.1, 0.15) is 0 Å². The average Bonchev–Trinajstić information content (AvgIpc) is 3.26. The van der Waals surface area contributed by atoms with Crippen LogP contribution in [0.25, 0.3) is 44.8 Å². The van der Waals surface area contributed by atoms with Crippen molar-refractivity contribution in [1.82, 2.24) is 35.1 Å². The maximum Gasteiger partial charge on any atom is 0.184 e. The first-order valence-electron chi connectivity index (χ1n) is 7.75. The Morgan fingerprint density at radius 3 is 2.85 bits per heavy atom. The second-order valence-electron chi connectivity index (χ2n) is 5.75. The first-order chi connectivity index (χ1) is 12.7. The van der Waals surface area contributed by atoms with Crippen LogP contribution in [0.15, 0.2) is 43.0 Å². The Hall–Kier alpha value is -3.88. The zero-order valence-electron chi connectivity index (χ0n) is 13.2. The fourth-order valence-electron chi connectivity index (χ4n) is 2.89. The lowest BCUT2D eigenvalue weighted by Crippen LogP contribution is -1.93. The third-order valence-corrected chi connectivity index (χ3v) is 4.08. The van der Waals surface area contributed by atoms with E-state index in [-0.39, 0.29) is 16.6 Å². The zero-order chi connectivity index (χ0) is 17.7. The molecule has 8 nitrogen and oxygen atoms in total. The van der Waals surface area contributed by atoms with E-state index in [9.17, 15) is 0 Å². The van der Waals surface area contributed by atoms with E-state index >= 15 is 4.39 Å². The van der Waals surface area contributed by atoms with E-state index in [0.717, 1.165) is 5.52 Å². The summed E-state index contributed by atoms with van der Waals surface area (Å²) < 4.78 is 15.3. The molecule has 0 atom stereocenters. The van der Waals surface area contributed by atoms with Crippen molar-refractivity contribution in [3.63, 3.8) is 0 Å². The van der Waals surface area contributed by atoms with E-state index in [1.807, 2.05) is 6.07 Å². The molecule has 0 saturated heterocycles. The van der Waals surface area contributed by atoms with Gasteiger partial charge >= 0.3 is 0 Å². The van der Waals surface area contributed by atoms with E-state index in [1.54, 1.807) is 18.3 Å². The molecule has 0 amide bonds. The summed E-state index contributed by atoms with van der Waals surface area (Å²) in [5, 5.41) is 7.13. The summed E-state index contributed by atoms with van der Waals surface area (Å²) in [5.74, 6) is -0.0377. The molecule has 0 aliphatic heterocycles. The summed E-state index contributed by atoms with van der Waals surface area (Å²) in [7, 11) is 0. The summed E-state index contributed by atoms with van der Waals surface area (Å²) >= 11 is 0. The van der Waals surface area contributed by atoms with Crippen LogP contribution in [0.3, 0.4) is 0 Å². The summed E-state index contributed by atoms with van der Waals surface area (Å²) in [4.78, 5) is 19.9. The van der Waals surface area contributed by atoms with Gasteiger partial charge in [0, 0.05) is 35.9 Å². The SMILES string of the molecule is Nc1cncc(-c2cnc3n[nH]c(-c4nc5ncccc5[nH]4)c3c2F)c1. The van der Waals surface area contributed by atoms with Gasteiger partial charge in [-0.25, -0.2) is 19.3 Å². The fraction of sp³-hybridized carbons (Fsp3) is 0. The van der Waals surface area contributed by atoms with Gasteiger partial charge in [-0.2, -0.15) is 5.10 Å². The summed E-state index contributed by atoms with van der Waals surface area (Å²) in [6.45, 7) is 0. The van der Waals surface area contributed by atoms with Gasteiger partial charge in [-0.05, 0) is 18.2 Å². The number of fused-ring (bicyclic) bond motifs is 2. The first-order valence-corrected chi connectivity index (χ1v) is 7.75. The molecule has 126 valence electrons. The number of nitrogens with one attached hydrogen (secondary N) is 2. The molecule has 5 rings (SSSR count). The van der Waals surface area contributed by atoms with Gasteiger partial charge in [0.25, 0.3) is 0 Å². The molecule has 0 aliphatic rings. The van der Waals surface area contributed by atoms with Crippen molar-refractivity contribution in [3.05, 3.63) is 48.8 Å². The topological polar surface area (TPSA) is 122 Å². The number of aromatic amines is 2. The first kappa shape index (κ1) is 14.5. The van der Waals surface area contributed by atoms with E-state index in [1.165, 1.54) is 18.6 Å². The monoisotopic (exact) mass is 346 g/mol. The second kappa shape index (κ2) is 5.31. The molecule has 0 spiro atoms. The molecule has 26 heavy (non-hydrogen) atoms. The van der Waals surface area contributed by atoms with Crippen molar-refractivity contribution < 1.29 is 4.39 Å². The van der Waals surface area contributed by atoms with Crippen molar-refractivity contribution in [2.75, 3.05) is 5.73 Å². The standard InChI is InChI=1S/C17H11FN8/c18-13-10(8-4-9(19)6-20-5-8)7-22-16-12(13)14(25-26-16)17-23-11-2-1-3-21-15(11)24-17/h1-7H,19H2,(H,21,23,24)(H,22,25,26). The quantitative estimate of drug-likeness (QED) is 0.452. The normalized spacial score (nSPS) is 11.4. The Morgan fingerprint density at radius 2 is 2.00 bits per heavy atom. The highest BCUT2D eigenvalue weighted by Crippen LogP contribution is 2.32. The minimum atomic E-state index is -0.473. The molecule has 5 aromatic rings. The van der Waals surface area contributed by atoms with Crippen molar-refractivity contribution in [2.45, 2.75) is 0 Å². The Morgan fingerprint density at radius 1 is 1.08 bits per heavy atom. The van der Waals surface area contributed by atoms with Crippen molar-refractivity contribution in [2.24, 2.45) is 0 Å². The van der Waals surface area contributed by atoms with Gasteiger partial charge in [0.1, 0.15) is 11.5 Å². The lowest BCUT2D eigenvalue weighted by molar-refractivity contribution is 0.642. The highest BCUT2D eigenvalue weighted by Gasteiger charge is 2.20. The Balaban J connectivity index is 1.75. The lowest BCUT2D eigenvalue weighted by Gasteiger charge is -2.04. The number of nitrogens with two attached hydrogens (primary N) is 1. The number of hydrogen-bond donors (Lipinski definition) is 3. The molecule has 5 aromatic heterocycles. The number of nitrogen functional groups attached to an aromatic ring is 1. The van der Waals surface area contributed by atoms with E-state index < -0.39 is 5.82 Å². The number of H-pyrrole nitrogens is 2. The fourth-order valence-corrected chi connectivity index (χ4v) is 2.89. The van der Waals surface area contributed by atoms with Crippen molar-refractivity contribution >= 4 is 27.9 Å². The number of hydrogen-bond acceptors (Lipinski definition) is 6. The van der Waals surface area contributed by atoms with Crippen LogP contribution < -0.4 is 5.73 Å². The molecule has 5 heterocycles. The molecule has 0 aliphatic carbocycles. The van der Waals surface area contributed by atoms with E-state index in [2.05, 4.69) is 35.1 Å². The molecule has 0 radical (unpaired) electrons. The largest absolute Gasteiger partial charge is 0.397 e. The Bertz CT molecular complexity index is 1240. The molecule has 9 heteroatoms. The Kier molecular flexibility index (Phi) is 2.95. The van der Waals surface area contributed by atoms with Gasteiger partial charge in [0.15, 0.2) is 17.1 Å². The van der Waals surface area contributed by atoms with Gasteiger partial charge < -0.3 is 10.7 Å². The van der Waals surface area contributed by atoms with Gasteiger partial charge in [0.05, 0.1) is 16.6 Å². The predicted molar refractivity (Wildman–Crippen MR) is 94.4 cm³/mol. The van der Waals surface area contributed by atoms with Crippen LogP contribution in [0.4, 0.5) is 10.1 Å². The lowest BCUT2D eigenvalue weighted by atomic mass is 10.1. The van der Waals surface area contributed by atoms with Gasteiger partial charge in [-0.1, -0.05) is 0 Å². The summed E-state index contributed by atoms with van der Waals surface area (Å²) in [5.41, 5.74) is 8.97. The molecule has 0 fully saturated rings. The smallest absolute Gasteiger partial charge is 0.184 e. The third-order valence-electron chi connectivity index (χ3n) is 4.08. The zero-order valence-corrected chi connectivity index (χ0v) is 13.2. The van der Waals surface area contributed by atoms with Crippen LogP contribution in [0.2, 0.25) is 0 Å². The van der Waals surface area contributed by atoms with Crippen molar-refractivity contribution in [3.8, 4) is 22.6 Å². The molecular formula is C17H11FN8. The predicted octanol–water partition coefficient (Wildman–Crippen LogP) is 2.68. The number of halogens is 1. The number of anilines is 1. The average molecular weight is 346 g/mol. The van der Waals surface area contributed by atoms with Crippen LogP contribution in [0.5, 0.6) is 0 Å². The molecule has 0 bridgehead atoms. The number of pyridine rings is 3. The van der Waals surface area contributed by atoms with Gasteiger partial charge in [-0.15, -0.1) is 0 Å². The number of imidazole rings is 1. The minimum absolute atomic E-state index is 0.240.